The number of anilines is 1. The average molecular weight is 406 g/mol. The van der Waals surface area contributed by atoms with Gasteiger partial charge in [-0.3, -0.25) is 9.48 Å². The standard InChI is InChI=1S/C18H16F2N4O3S/c1-3-12-15(16(21)24(2)23-12)18(26)27-8-13(25)14-7-22-17(28-14)10-5-4-9(19)6-11(10)20/h4-7H,3,8,21H2,1-2H3. The van der Waals surface area contributed by atoms with Crippen LogP contribution in [0.3, 0.4) is 0 Å². The normalized spacial score (nSPS) is 10.9. The Bertz CT molecular complexity index is 1060. The Kier molecular flexibility index (Phi) is 5.50. The fourth-order valence-corrected chi connectivity index (χ4v) is 3.40. The van der Waals surface area contributed by atoms with Crippen LogP contribution in [0.2, 0.25) is 0 Å². The summed E-state index contributed by atoms with van der Waals surface area (Å²) in [5.74, 6) is -2.58. The topological polar surface area (TPSA) is 100 Å². The Balaban J connectivity index is 1.71. The maximum Gasteiger partial charge on any atom is 0.344 e. The number of aromatic nitrogens is 3. The number of nitrogens with zero attached hydrogens (tertiary/aromatic N) is 3. The highest BCUT2D eigenvalue weighted by Crippen LogP contribution is 2.28. The van der Waals surface area contributed by atoms with Crippen LogP contribution in [0.1, 0.15) is 32.6 Å². The Morgan fingerprint density at radius 2 is 2.07 bits per heavy atom. The minimum Gasteiger partial charge on any atom is -0.454 e. The van der Waals surface area contributed by atoms with E-state index >= 15 is 0 Å². The first-order chi connectivity index (χ1) is 13.3. The van der Waals surface area contributed by atoms with Crippen molar-refractivity contribution in [3.63, 3.8) is 0 Å². The summed E-state index contributed by atoms with van der Waals surface area (Å²) < 4.78 is 33.3. The number of rotatable bonds is 6. The van der Waals surface area contributed by atoms with Gasteiger partial charge in [0.25, 0.3) is 0 Å². The number of nitrogen functional groups attached to an aromatic ring is 1. The number of aryl methyl sites for hydroxylation is 2. The zero-order chi connectivity index (χ0) is 20.4. The van der Waals surface area contributed by atoms with E-state index in [-0.39, 0.29) is 26.8 Å². The molecule has 1 aromatic carbocycles. The molecule has 0 aliphatic rings. The third-order valence-corrected chi connectivity index (χ3v) is 5.05. The molecule has 2 heterocycles. The van der Waals surface area contributed by atoms with Crippen molar-refractivity contribution in [3.05, 3.63) is 52.2 Å². The van der Waals surface area contributed by atoms with Crippen molar-refractivity contribution in [2.75, 3.05) is 12.3 Å². The van der Waals surface area contributed by atoms with Crippen LogP contribution in [0.15, 0.2) is 24.4 Å². The fourth-order valence-electron chi connectivity index (χ4n) is 2.53. The smallest absolute Gasteiger partial charge is 0.344 e. The second kappa shape index (κ2) is 7.85. The minimum absolute atomic E-state index is 0.0816. The van der Waals surface area contributed by atoms with Crippen molar-refractivity contribution in [2.45, 2.75) is 13.3 Å². The maximum absolute atomic E-state index is 13.9. The Hall–Kier alpha value is -3.14. The maximum atomic E-state index is 13.9. The molecule has 0 bridgehead atoms. The van der Waals surface area contributed by atoms with E-state index in [1.807, 2.05) is 6.92 Å². The molecule has 7 nitrogen and oxygen atoms in total. The molecule has 3 rings (SSSR count). The molecule has 2 aromatic heterocycles. The number of benzene rings is 1. The predicted molar refractivity (Wildman–Crippen MR) is 99.1 cm³/mol. The van der Waals surface area contributed by atoms with E-state index in [1.165, 1.54) is 16.9 Å². The molecule has 0 aliphatic carbocycles. The summed E-state index contributed by atoms with van der Waals surface area (Å²) in [5, 5.41) is 4.34. The molecule has 10 heteroatoms. The van der Waals surface area contributed by atoms with E-state index in [0.717, 1.165) is 23.5 Å². The lowest BCUT2D eigenvalue weighted by Gasteiger charge is -2.04. The number of thiazole rings is 1. The number of carbonyl (C=O) groups excluding carboxylic acids is 2. The highest BCUT2D eigenvalue weighted by molar-refractivity contribution is 7.17. The molecular weight excluding hydrogens is 390 g/mol. The number of ether oxygens (including phenoxy) is 1. The number of hydrogen-bond acceptors (Lipinski definition) is 7. The third-order valence-electron chi connectivity index (χ3n) is 3.98. The van der Waals surface area contributed by atoms with Gasteiger partial charge in [-0.25, -0.2) is 18.6 Å². The molecule has 0 atom stereocenters. The van der Waals surface area contributed by atoms with Gasteiger partial charge in [0.05, 0.1) is 10.6 Å². The summed E-state index contributed by atoms with van der Waals surface area (Å²) in [5.41, 5.74) is 6.53. The van der Waals surface area contributed by atoms with Crippen molar-refractivity contribution in [1.29, 1.82) is 0 Å². The van der Waals surface area contributed by atoms with Gasteiger partial charge in [0.2, 0.25) is 5.78 Å². The quantitative estimate of drug-likeness (QED) is 0.499. The molecule has 0 amide bonds. The fraction of sp³-hybridized carbons (Fsp3) is 0.222. The molecule has 0 spiro atoms. The number of Topliss-reactive ketones (excluding diaryl/α,β-unsaturated/α-hetero) is 1. The first kappa shape index (κ1) is 19.6. The van der Waals surface area contributed by atoms with Crippen LogP contribution in [0.5, 0.6) is 0 Å². The molecule has 3 aromatic rings. The Labute approximate surface area is 162 Å². The molecule has 0 saturated heterocycles. The summed E-state index contributed by atoms with van der Waals surface area (Å²) in [6.45, 7) is 1.29. The Morgan fingerprint density at radius 3 is 2.75 bits per heavy atom. The predicted octanol–water partition coefficient (Wildman–Crippen LogP) is 3.01. The number of hydrogen-bond donors (Lipinski definition) is 1. The van der Waals surface area contributed by atoms with E-state index in [1.54, 1.807) is 7.05 Å². The van der Waals surface area contributed by atoms with Crippen molar-refractivity contribution < 1.29 is 23.1 Å². The van der Waals surface area contributed by atoms with Gasteiger partial charge < -0.3 is 10.5 Å². The molecule has 0 fully saturated rings. The summed E-state index contributed by atoms with van der Waals surface area (Å²) >= 11 is 0.921. The third kappa shape index (κ3) is 3.77. The van der Waals surface area contributed by atoms with Crippen LogP contribution in [0.4, 0.5) is 14.6 Å². The monoisotopic (exact) mass is 406 g/mol. The van der Waals surface area contributed by atoms with E-state index < -0.39 is 30.0 Å². The largest absolute Gasteiger partial charge is 0.454 e. The van der Waals surface area contributed by atoms with E-state index in [0.29, 0.717) is 12.1 Å². The second-order valence-corrected chi connectivity index (χ2v) is 6.87. The van der Waals surface area contributed by atoms with E-state index in [9.17, 15) is 18.4 Å². The lowest BCUT2D eigenvalue weighted by Crippen LogP contribution is -2.15. The lowest BCUT2D eigenvalue weighted by molar-refractivity contribution is 0.0475. The number of esters is 1. The molecule has 28 heavy (non-hydrogen) atoms. The average Bonchev–Trinajstić information content (AvgIpc) is 3.25. The van der Waals surface area contributed by atoms with Crippen LogP contribution in [-0.4, -0.2) is 33.1 Å². The molecule has 0 saturated carbocycles. The van der Waals surface area contributed by atoms with Gasteiger partial charge in [0, 0.05) is 24.9 Å². The van der Waals surface area contributed by atoms with Crippen LogP contribution in [-0.2, 0) is 18.2 Å². The van der Waals surface area contributed by atoms with Gasteiger partial charge in [-0.15, -0.1) is 11.3 Å². The lowest BCUT2D eigenvalue weighted by atomic mass is 10.2. The highest BCUT2D eigenvalue weighted by Gasteiger charge is 2.23. The van der Waals surface area contributed by atoms with Crippen molar-refractivity contribution in [1.82, 2.24) is 14.8 Å². The zero-order valence-electron chi connectivity index (χ0n) is 15.0. The summed E-state index contributed by atoms with van der Waals surface area (Å²) in [4.78, 5) is 28.8. The van der Waals surface area contributed by atoms with Crippen LogP contribution in [0, 0.1) is 11.6 Å². The van der Waals surface area contributed by atoms with E-state index in [2.05, 4.69) is 10.1 Å². The van der Waals surface area contributed by atoms with Gasteiger partial charge in [-0.2, -0.15) is 5.10 Å². The first-order valence-corrected chi connectivity index (χ1v) is 9.06. The number of carbonyl (C=O) groups is 2. The molecule has 0 unspecified atom stereocenters. The van der Waals surface area contributed by atoms with Crippen LogP contribution in [0.25, 0.3) is 10.6 Å². The SMILES string of the molecule is CCc1nn(C)c(N)c1C(=O)OCC(=O)c1cnc(-c2ccc(F)cc2F)s1. The van der Waals surface area contributed by atoms with Gasteiger partial charge >= 0.3 is 5.97 Å². The molecule has 0 aliphatic heterocycles. The number of halogens is 2. The van der Waals surface area contributed by atoms with Crippen molar-refractivity contribution >= 4 is 28.9 Å². The van der Waals surface area contributed by atoms with Gasteiger partial charge in [-0.05, 0) is 18.6 Å². The van der Waals surface area contributed by atoms with Crippen LogP contribution < -0.4 is 5.73 Å². The molecule has 146 valence electrons. The number of nitrogens with two attached hydrogens (primary N) is 1. The molecule has 0 radical (unpaired) electrons. The summed E-state index contributed by atoms with van der Waals surface area (Å²) in [7, 11) is 1.60. The number of ketones is 1. The van der Waals surface area contributed by atoms with Crippen molar-refractivity contribution in [3.8, 4) is 10.6 Å². The Morgan fingerprint density at radius 1 is 1.32 bits per heavy atom. The minimum atomic E-state index is -0.779. The van der Waals surface area contributed by atoms with Gasteiger partial charge in [0.1, 0.15) is 28.0 Å². The summed E-state index contributed by atoms with van der Waals surface area (Å²) in [6, 6.07) is 3.09. The summed E-state index contributed by atoms with van der Waals surface area (Å²) in [6.07, 6.45) is 1.74. The van der Waals surface area contributed by atoms with Gasteiger partial charge in [-0.1, -0.05) is 6.92 Å². The second-order valence-electron chi connectivity index (χ2n) is 5.84. The molecular formula is C18H16F2N4O3S. The van der Waals surface area contributed by atoms with Crippen molar-refractivity contribution in [2.24, 2.45) is 7.05 Å². The van der Waals surface area contributed by atoms with Crippen LogP contribution >= 0.6 is 11.3 Å². The molecule has 2 N–H and O–H groups in total. The van der Waals surface area contributed by atoms with E-state index in [4.69, 9.17) is 10.5 Å². The van der Waals surface area contributed by atoms with Gasteiger partial charge in [0.15, 0.2) is 6.61 Å². The first-order valence-electron chi connectivity index (χ1n) is 8.24. The highest BCUT2D eigenvalue weighted by atomic mass is 32.1. The zero-order valence-corrected chi connectivity index (χ0v) is 15.8.